The lowest BCUT2D eigenvalue weighted by molar-refractivity contribution is -0.124. The number of rotatable bonds is 4. The largest absolute Gasteiger partial charge is 0.497 e. The van der Waals surface area contributed by atoms with Crippen LogP contribution in [0.5, 0.6) is 5.75 Å². The van der Waals surface area contributed by atoms with Gasteiger partial charge >= 0.3 is 0 Å². The molecule has 2 aromatic carbocycles. The molecule has 1 aliphatic heterocycles. The SMILES string of the molecule is COc1ccc(N=C2SCC(=O)N2N=Cc2ccccc2)cc1. The molecule has 1 heterocycles. The molecule has 0 atom stereocenters. The molecule has 0 aromatic heterocycles. The van der Waals surface area contributed by atoms with E-state index < -0.39 is 0 Å². The summed E-state index contributed by atoms with van der Waals surface area (Å²) in [5, 5.41) is 6.19. The molecule has 116 valence electrons. The normalized spacial score (nSPS) is 16.5. The van der Waals surface area contributed by atoms with E-state index in [1.165, 1.54) is 16.8 Å². The molecule has 0 bridgehead atoms. The van der Waals surface area contributed by atoms with Crippen molar-refractivity contribution in [3.63, 3.8) is 0 Å². The third kappa shape index (κ3) is 3.78. The number of carbonyl (C=O) groups excluding carboxylic acids is 1. The molecule has 1 aliphatic rings. The number of carbonyl (C=O) groups is 1. The standard InChI is InChI=1S/C17H15N3O2S/c1-22-15-9-7-14(8-10-15)19-17-20(16(21)12-23-17)18-11-13-5-3-2-4-6-13/h2-11H,12H2,1H3. The average molecular weight is 325 g/mol. The van der Waals surface area contributed by atoms with E-state index in [1.807, 2.05) is 54.6 Å². The number of benzene rings is 2. The Labute approximate surface area is 138 Å². The fourth-order valence-corrected chi connectivity index (χ4v) is 2.80. The van der Waals surface area contributed by atoms with Crippen LogP contribution in [0.1, 0.15) is 5.56 Å². The summed E-state index contributed by atoms with van der Waals surface area (Å²) in [6.45, 7) is 0. The minimum absolute atomic E-state index is 0.0746. The topological polar surface area (TPSA) is 54.3 Å². The van der Waals surface area contributed by atoms with Crippen LogP contribution in [0.15, 0.2) is 64.7 Å². The van der Waals surface area contributed by atoms with Crippen LogP contribution >= 0.6 is 11.8 Å². The van der Waals surface area contributed by atoms with E-state index in [4.69, 9.17) is 4.74 Å². The highest BCUT2D eigenvalue weighted by Gasteiger charge is 2.27. The first-order valence-corrected chi connectivity index (χ1v) is 8.02. The van der Waals surface area contributed by atoms with Crippen molar-refractivity contribution >= 4 is 34.7 Å². The van der Waals surface area contributed by atoms with E-state index in [0.717, 1.165) is 17.0 Å². The molecule has 1 saturated heterocycles. The van der Waals surface area contributed by atoms with Gasteiger partial charge in [-0.15, -0.1) is 0 Å². The predicted molar refractivity (Wildman–Crippen MR) is 93.4 cm³/mol. The number of hydrogen-bond donors (Lipinski definition) is 0. The molecule has 0 saturated carbocycles. The summed E-state index contributed by atoms with van der Waals surface area (Å²) in [5.41, 5.74) is 1.68. The van der Waals surface area contributed by atoms with Gasteiger partial charge in [-0.25, -0.2) is 4.99 Å². The average Bonchev–Trinajstić information content (AvgIpc) is 2.94. The van der Waals surface area contributed by atoms with Gasteiger partial charge in [0, 0.05) is 0 Å². The molecule has 0 radical (unpaired) electrons. The number of ether oxygens (including phenoxy) is 1. The van der Waals surface area contributed by atoms with Crippen molar-refractivity contribution in [2.45, 2.75) is 0 Å². The highest BCUT2D eigenvalue weighted by molar-refractivity contribution is 8.15. The smallest absolute Gasteiger partial charge is 0.259 e. The molecule has 0 aliphatic carbocycles. The van der Waals surface area contributed by atoms with Gasteiger partial charge in [0.1, 0.15) is 5.75 Å². The number of hydrazone groups is 1. The molecule has 0 unspecified atom stereocenters. The third-order valence-electron chi connectivity index (χ3n) is 3.16. The molecule has 23 heavy (non-hydrogen) atoms. The van der Waals surface area contributed by atoms with Crippen LogP contribution in [-0.2, 0) is 4.79 Å². The Morgan fingerprint density at radius 3 is 2.57 bits per heavy atom. The maximum absolute atomic E-state index is 12.0. The van der Waals surface area contributed by atoms with Crippen molar-refractivity contribution in [1.29, 1.82) is 0 Å². The van der Waals surface area contributed by atoms with Crippen LogP contribution in [0.3, 0.4) is 0 Å². The van der Waals surface area contributed by atoms with Crippen LogP contribution in [-0.4, -0.2) is 35.2 Å². The van der Waals surface area contributed by atoms with E-state index in [0.29, 0.717) is 10.9 Å². The summed E-state index contributed by atoms with van der Waals surface area (Å²) < 4.78 is 5.12. The number of thioether (sulfide) groups is 1. The zero-order valence-electron chi connectivity index (χ0n) is 12.5. The number of methoxy groups -OCH3 is 1. The lowest BCUT2D eigenvalue weighted by atomic mass is 10.2. The van der Waals surface area contributed by atoms with Crippen molar-refractivity contribution in [2.24, 2.45) is 10.1 Å². The summed E-state index contributed by atoms with van der Waals surface area (Å²) in [7, 11) is 1.62. The molecule has 1 amide bonds. The fourth-order valence-electron chi connectivity index (χ4n) is 1.98. The summed E-state index contributed by atoms with van der Waals surface area (Å²) in [6, 6.07) is 17.0. The second kappa shape index (κ2) is 7.11. The van der Waals surface area contributed by atoms with E-state index >= 15 is 0 Å². The number of hydrogen-bond acceptors (Lipinski definition) is 5. The quantitative estimate of drug-likeness (QED) is 0.811. The molecule has 5 nitrogen and oxygen atoms in total. The molecule has 2 aromatic rings. The van der Waals surface area contributed by atoms with Gasteiger partial charge in [0.15, 0.2) is 5.17 Å². The number of amidine groups is 1. The first-order valence-electron chi connectivity index (χ1n) is 7.04. The van der Waals surface area contributed by atoms with Gasteiger partial charge in [0.25, 0.3) is 5.91 Å². The number of amides is 1. The first-order chi connectivity index (χ1) is 11.3. The van der Waals surface area contributed by atoms with Crippen LogP contribution in [0, 0.1) is 0 Å². The van der Waals surface area contributed by atoms with Gasteiger partial charge in [0.2, 0.25) is 0 Å². The maximum Gasteiger partial charge on any atom is 0.259 e. The molecule has 0 spiro atoms. The Kier molecular flexibility index (Phi) is 4.73. The molecular formula is C17H15N3O2S. The zero-order valence-corrected chi connectivity index (χ0v) is 13.4. The van der Waals surface area contributed by atoms with Crippen molar-refractivity contribution in [3.8, 4) is 5.75 Å². The van der Waals surface area contributed by atoms with Gasteiger partial charge < -0.3 is 4.74 Å². The summed E-state index contributed by atoms with van der Waals surface area (Å²) in [4.78, 5) is 16.5. The highest BCUT2D eigenvalue weighted by atomic mass is 32.2. The van der Waals surface area contributed by atoms with Gasteiger partial charge in [-0.3, -0.25) is 4.79 Å². The number of aliphatic imine (C=N–C) groups is 1. The number of nitrogens with zero attached hydrogens (tertiary/aromatic N) is 3. The molecule has 1 fully saturated rings. The van der Waals surface area contributed by atoms with Crippen molar-refractivity contribution in [3.05, 3.63) is 60.2 Å². The zero-order chi connectivity index (χ0) is 16.1. The van der Waals surface area contributed by atoms with Crippen LogP contribution in [0.25, 0.3) is 0 Å². The molecule has 6 heteroatoms. The van der Waals surface area contributed by atoms with Gasteiger partial charge in [-0.05, 0) is 29.8 Å². The van der Waals surface area contributed by atoms with Gasteiger partial charge in [-0.1, -0.05) is 42.1 Å². The Bertz CT molecular complexity index is 742. The monoisotopic (exact) mass is 325 g/mol. The van der Waals surface area contributed by atoms with E-state index in [2.05, 4.69) is 10.1 Å². The van der Waals surface area contributed by atoms with Crippen molar-refractivity contribution in [2.75, 3.05) is 12.9 Å². The van der Waals surface area contributed by atoms with Crippen LogP contribution in [0.2, 0.25) is 0 Å². The predicted octanol–water partition coefficient (Wildman–Crippen LogP) is 3.29. The van der Waals surface area contributed by atoms with E-state index in [9.17, 15) is 4.79 Å². The minimum Gasteiger partial charge on any atom is -0.497 e. The van der Waals surface area contributed by atoms with Crippen LogP contribution < -0.4 is 4.74 Å². The van der Waals surface area contributed by atoms with E-state index in [1.54, 1.807) is 13.3 Å². The molecule has 3 rings (SSSR count). The maximum atomic E-state index is 12.0. The van der Waals surface area contributed by atoms with Crippen molar-refractivity contribution < 1.29 is 9.53 Å². The minimum atomic E-state index is -0.0746. The van der Waals surface area contributed by atoms with E-state index in [-0.39, 0.29) is 5.91 Å². The second-order valence-corrected chi connectivity index (χ2v) is 5.68. The fraction of sp³-hybridized carbons (Fsp3) is 0.118. The van der Waals surface area contributed by atoms with Gasteiger partial charge in [-0.2, -0.15) is 10.1 Å². The van der Waals surface area contributed by atoms with Crippen LogP contribution in [0.4, 0.5) is 5.69 Å². The first kappa shape index (κ1) is 15.3. The molecular weight excluding hydrogens is 310 g/mol. The Morgan fingerprint density at radius 2 is 1.87 bits per heavy atom. The Balaban J connectivity index is 1.81. The third-order valence-corrected chi connectivity index (χ3v) is 4.07. The Hall–Kier alpha value is -2.60. The van der Waals surface area contributed by atoms with Gasteiger partial charge in [0.05, 0.1) is 24.8 Å². The molecule has 0 N–H and O–H groups in total. The Morgan fingerprint density at radius 1 is 1.13 bits per heavy atom. The lowest BCUT2D eigenvalue weighted by Gasteiger charge is -2.09. The second-order valence-electron chi connectivity index (χ2n) is 4.74. The lowest BCUT2D eigenvalue weighted by Crippen LogP contribution is -2.23. The summed E-state index contributed by atoms with van der Waals surface area (Å²) in [6.07, 6.45) is 1.66. The summed E-state index contributed by atoms with van der Waals surface area (Å²) >= 11 is 1.38. The highest BCUT2D eigenvalue weighted by Crippen LogP contribution is 2.25. The summed E-state index contributed by atoms with van der Waals surface area (Å²) in [5.74, 6) is 1.04. The van der Waals surface area contributed by atoms with Crippen molar-refractivity contribution in [1.82, 2.24) is 5.01 Å².